The molecule has 2 aliphatic heterocycles. The maximum absolute atomic E-state index is 13.0. The fourth-order valence-corrected chi connectivity index (χ4v) is 4.73. The summed E-state index contributed by atoms with van der Waals surface area (Å²) in [6.07, 6.45) is 3.67. The Morgan fingerprint density at radius 2 is 1.91 bits per heavy atom. The average molecular weight is 312 g/mol. The van der Waals surface area contributed by atoms with E-state index in [1.165, 1.54) is 0 Å². The normalized spacial score (nSPS) is 33.2. The first-order chi connectivity index (χ1) is 11.1. The van der Waals surface area contributed by atoms with Crippen molar-refractivity contribution in [2.75, 3.05) is 0 Å². The highest BCUT2D eigenvalue weighted by atomic mass is 16.2. The lowest BCUT2D eigenvalue weighted by Crippen LogP contribution is -2.58. The van der Waals surface area contributed by atoms with Gasteiger partial charge < -0.3 is 4.90 Å². The Bertz CT molecular complexity index is 672. The first kappa shape index (κ1) is 14.4. The van der Waals surface area contributed by atoms with Crippen LogP contribution in [-0.2, 0) is 20.9 Å². The van der Waals surface area contributed by atoms with Crippen molar-refractivity contribution in [2.24, 2.45) is 11.3 Å². The molecule has 1 spiro atoms. The number of nitrogens with one attached hydrogen (secondary N) is 1. The van der Waals surface area contributed by atoms with E-state index in [2.05, 4.69) is 5.32 Å². The largest absolute Gasteiger partial charge is 0.334 e. The summed E-state index contributed by atoms with van der Waals surface area (Å²) in [5.41, 5.74) is 0.366. The van der Waals surface area contributed by atoms with Crippen LogP contribution >= 0.6 is 0 Å². The third-order valence-electron chi connectivity index (χ3n) is 5.75. The predicted molar refractivity (Wildman–Crippen MR) is 82.9 cm³/mol. The van der Waals surface area contributed by atoms with Crippen molar-refractivity contribution in [1.82, 2.24) is 10.2 Å². The van der Waals surface area contributed by atoms with Crippen LogP contribution in [0.3, 0.4) is 0 Å². The molecule has 2 saturated heterocycles. The van der Waals surface area contributed by atoms with Crippen LogP contribution in [0.5, 0.6) is 0 Å². The fourth-order valence-electron chi connectivity index (χ4n) is 4.73. The predicted octanol–water partition coefficient (Wildman–Crippen LogP) is 1.62. The van der Waals surface area contributed by atoms with Crippen molar-refractivity contribution in [3.8, 4) is 0 Å². The van der Waals surface area contributed by atoms with E-state index < -0.39 is 11.3 Å². The minimum atomic E-state index is -0.696. The summed E-state index contributed by atoms with van der Waals surface area (Å²) in [4.78, 5) is 39.3. The maximum atomic E-state index is 13.0. The zero-order valence-corrected chi connectivity index (χ0v) is 13.0. The van der Waals surface area contributed by atoms with Crippen LogP contribution < -0.4 is 5.32 Å². The number of amides is 3. The molecular weight excluding hydrogens is 292 g/mol. The molecule has 1 saturated carbocycles. The van der Waals surface area contributed by atoms with Gasteiger partial charge in [0.25, 0.3) is 0 Å². The van der Waals surface area contributed by atoms with E-state index >= 15 is 0 Å². The summed E-state index contributed by atoms with van der Waals surface area (Å²) >= 11 is 0. The molecule has 4 rings (SSSR count). The molecule has 0 aromatic heterocycles. The second kappa shape index (κ2) is 5.18. The van der Waals surface area contributed by atoms with E-state index in [1.54, 1.807) is 0 Å². The average Bonchev–Trinajstić information content (AvgIpc) is 2.80. The molecule has 120 valence electrons. The van der Waals surface area contributed by atoms with E-state index in [1.807, 2.05) is 35.2 Å². The Hall–Kier alpha value is -2.17. The van der Waals surface area contributed by atoms with Crippen LogP contribution in [0.1, 0.15) is 37.7 Å². The van der Waals surface area contributed by atoms with Crippen LogP contribution in [-0.4, -0.2) is 28.7 Å². The summed E-state index contributed by atoms with van der Waals surface area (Å²) in [5, 5.41) is 2.49. The number of imide groups is 1. The molecule has 0 unspecified atom stereocenters. The van der Waals surface area contributed by atoms with Gasteiger partial charge in [0.15, 0.2) is 0 Å². The van der Waals surface area contributed by atoms with Gasteiger partial charge in [0.2, 0.25) is 17.7 Å². The Kier molecular flexibility index (Phi) is 3.25. The first-order valence-electron chi connectivity index (χ1n) is 8.31. The number of likely N-dealkylation sites (tertiary alicyclic amines) is 1. The smallest absolute Gasteiger partial charge is 0.235 e. The Balaban J connectivity index is 1.73. The zero-order valence-electron chi connectivity index (χ0n) is 13.0. The van der Waals surface area contributed by atoms with E-state index in [-0.39, 0.29) is 30.2 Å². The van der Waals surface area contributed by atoms with Gasteiger partial charge in [-0.1, -0.05) is 43.2 Å². The second-order valence-corrected chi connectivity index (χ2v) is 6.89. The monoisotopic (exact) mass is 312 g/mol. The summed E-state index contributed by atoms with van der Waals surface area (Å²) in [6, 6.07) is 9.77. The summed E-state index contributed by atoms with van der Waals surface area (Å²) in [5.74, 6) is -1.04. The van der Waals surface area contributed by atoms with Gasteiger partial charge in [-0.3, -0.25) is 19.7 Å². The third kappa shape index (κ3) is 2.02. The first-order valence-corrected chi connectivity index (χ1v) is 8.31. The molecule has 3 fully saturated rings. The van der Waals surface area contributed by atoms with Crippen molar-refractivity contribution >= 4 is 17.7 Å². The molecular formula is C18H20N2O3. The number of piperidine rings is 1. The quantitative estimate of drug-likeness (QED) is 0.844. The summed E-state index contributed by atoms with van der Waals surface area (Å²) < 4.78 is 0. The lowest BCUT2D eigenvalue weighted by molar-refractivity contribution is -0.149. The number of hydrogen-bond acceptors (Lipinski definition) is 3. The summed E-state index contributed by atoms with van der Waals surface area (Å²) in [6.45, 7) is 0.518. The highest BCUT2D eigenvalue weighted by molar-refractivity contribution is 6.07. The van der Waals surface area contributed by atoms with E-state index in [4.69, 9.17) is 0 Å². The molecule has 0 radical (unpaired) electrons. The van der Waals surface area contributed by atoms with E-state index in [0.717, 1.165) is 24.8 Å². The van der Waals surface area contributed by atoms with Gasteiger partial charge >= 0.3 is 0 Å². The molecule has 5 nitrogen and oxygen atoms in total. The van der Waals surface area contributed by atoms with E-state index in [9.17, 15) is 14.4 Å². The molecule has 2 heterocycles. The van der Waals surface area contributed by atoms with Gasteiger partial charge in [-0.25, -0.2) is 0 Å². The fraction of sp³-hybridized carbons (Fsp3) is 0.500. The zero-order chi connectivity index (χ0) is 16.0. The number of benzene rings is 1. The van der Waals surface area contributed by atoms with Gasteiger partial charge in [-0.2, -0.15) is 0 Å². The van der Waals surface area contributed by atoms with Crippen molar-refractivity contribution in [3.63, 3.8) is 0 Å². The minimum absolute atomic E-state index is 0.0241. The van der Waals surface area contributed by atoms with Crippen molar-refractivity contribution in [1.29, 1.82) is 0 Å². The van der Waals surface area contributed by atoms with Crippen LogP contribution in [0.2, 0.25) is 0 Å². The number of hydrogen-bond donors (Lipinski definition) is 1. The Morgan fingerprint density at radius 3 is 2.70 bits per heavy atom. The van der Waals surface area contributed by atoms with E-state index in [0.29, 0.717) is 13.0 Å². The molecule has 1 aliphatic carbocycles. The molecule has 3 aliphatic rings. The molecule has 1 aromatic carbocycles. The lowest BCUT2D eigenvalue weighted by Gasteiger charge is -2.43. The second-order valence-electron chi connectivity index (χ2n) is 6.89. The highest BCUT2D eigenvalue weighted by Crippen LogP contribution is 2.54. The molecule has 0 bridgehead atoms. The van der Waals surface area contributed by atoms with Crippen molar-refractivity contribution in [3.05, 3.63) is 35.9 Å². The summed E-state index contributed by atoms with van der Waals surface area (Å²) in [7, 11) is 0. The molecule has 23 heavy (non-hydrogen) atoms. The minimum Gasteiger partial charge on any atom is -0.334 e. The van der Waals surface area contributed by atoms with Gasteiger partial charge in [0, 0.05) is 19.0 Å². The van der Waals surface area contributed by atoms with Crippen molar-refractivity contribution < 1.29 is 14.4 Å². The molecule has 3 atom stereocenters. The topological polar surface area (TPSA) is 66.5 Å². The molecule has 3 amide bonds. The van der Waals surface area contributed by atoms with Gasteiger partial charge in [-0.05, 0) is 18.4 Å². The number of carbonyl (C=O) groups is 3. The third-order valence-corrected chi connectivity index (χ3v) is 5.75. The van der Waals surface area contributed by atoms with Gasteiger partial charge in [0.05, 0.1) is 11.3 Å². The van der Waals surface area contributed by atoms with Crippen LogP contribution in [0.25, 0.3) is 0 Å². The van der Waals surface area contributed by atoms with Crippen LogP contribution in [0, 0.1) is 11.3 Å². The maximum Gasteiger partial charge on any atom is 0.235 e. The Morgan fingerprint density at radius 1 is 1.13 bits per heavy atom. The lowest BCUT2D eigenvalue weighted by atomic mass is 9.62. The molecule has 1 N–H and O–H groups in total. The number of rotatable bonds is 2. The van der Waals surface area contributed by atoms with Crippen LogP contribution in [0.4, 0.5) is 0 Å². The van der Waals surface area contributed by atoms with Gasteiger partial charge in [0.1, 0.15) is 0 Å². The van der Waals surface area contributed by atoms with Crippen LogP contribution in [0.15, 0.2) is 30.3 Å². The molecule has 5 heteroatoms. The Labute approximate surface area is 135 Å². The molecule has 1 aromatic rings. The highest BCUT2D eigenvalue weighted by Gasteiger charge is 2.65. The number of carbonyl (C=O) groups excluding carboxylic acids is 3. The van der Waals surface area contributed by atoms with Gasteiger partial charge in [-0.15, -0.1) is 0 Å². The van der Waals surface area contributed by atoms with Crippen molar-refractivity contribution in [2.45, 2.75) is 44.7 Å². The standard InChI is InChI=1S/C18H20N2O3/c21-15-10-13-16(22)20(11-12-6-2-1-3-7-12)14-8-4-5-9-18(13,14)17(23)19-15/h1-3,6-7,13-14H,4-5,8-11H2,(H,19,21,23)/t13-,14-,18-/m0/s1. The SMILES string of the molecule is O=C1C[C@H]2C(=O)N(Cc3ccccc3)[C@H]3CCCC[C@@]32C(=O)N1. The number of nitrogens with zero attached hydrogens (tertiary/aromatic N) is 1.